The van der Waals surface area contributed by atoms with Crippen molar-refractivity contribution < 1.29 is 27.0 Å². The minimum atomic E-state index is -0.697. The first-order valence-electron chi connectivity index (χ1n) is 5.88. The molecule has 0 aliphatic heterocycles. The van der Waals surface area contributed by atoms with Crippen LogP contribution in [0.4, 0.5) is 0 Å². The smallest absolute Gasteiger partial charge is 0.481 e. The van der Waals surface area contributed by atoms with Crippen molar-refractivity contribution >= 4 is 5.97 Å². The van der Waals surface area contributed by atoms with E-state index in [4.69, 9.17) is 5.11 Å². The molecule has 98 valence electrons. The van der Waals surface area contributed by atoms with Gasteiger partial charge in [-0.15, -0.1) is 0 Å². The predicted molar refractivity (Wildman–Crippen MR) is 69.3 cm³/mol. The Morgan fingerprint density at radius 3 is 2.28 bits per heavy atom. The first kappa shape index (κ1) is 16.7. The molecule has 0 heterocycles. The first-order chi connectivity index (χ1) is 8.29. The van der Waals surface area contributed by atoms with Crippen LogP contribution in [0.2, 0.25) is 0 Å². The molecule has 2 nitrogen and oxygen atoms in total. The molecule has 1 N–H and O–H groups in total. The van der Waals surface area contributed by atoms with Crippen molar-refractivity contribution in [2.75, 3.05) is 0 Å². The second kappa shape index (κ2) is 10.8. The molecule has 0 aliphatic carbocycles. The van der Waals surface area contributed by atoms with Gasteiger partial charge in [0, 0.05) is 6.42 Å². The molecule has 18 heavy (non-hydrogen) atoms. The van der Waals surface area contributed by atoms with E-state index in [0.717, 1.165) is 19.3 Å². The van der Waals surface area contributed by atoms with Crippen LogP contribution < -0.4 is 0 Å². The Balaban J connectivity index is 0.000000405. The Morgan fingerprint density at radius 1 is 1.11 bits per heavy atom. The number of carboxylic acid groups (broad SMARTS) is 1. The average Bonchev–Trinajstić information content (AvgIpc) is 2.99. The monoisotopic (exact) mass is 286 g/mol. The van der Waals surface area contributed by atoms with E-state index < -0.39 is 5.97 Å². The zero-order valence-electron chi connectivity index (χ0n) is 10.2. The zero-order chi connectivity index (χ0) is 12.3. The van der Waals surface area contributed by atoms with Crippen molar-refractivity contribution in [1.29, 1.82) is 0 Å². The Bertz CT molecular complexity index is 359. The molecule has 2 aromatic rings. The molecule has 3 heteroatoms. The van der Waals surface area contributed by atoms with Crippen molar-refractivity contribution in [3.05, 3.63) is 60.2 Å². The number of rotatable bonds is 5. The first-order valence-corrected chi connectivity index (χ1v) is 5.88. The molecule has 2 rings (SSSR count). The van der Waals surface area contributed by atoms with Crippen LogP contribution in [0.1, 0.15) is 24.8 Å². The number of hydrogen-bond acceptors (Lipinski definition) is 1. The molecular weight excluding hydrogens is 268 g/mol. The summed E-state index contributed by atoms with van der Waals surface area (Å²) in [7, 11) is 0. The van der Waals surface area contributed by atoms with Gasteiger partial charge >= 0.3 is 23.0 Å². The molecule has 0 saturated carbocycles. The zero-order valence-corrected chi connectivity index (χ0v) is 11.3. The maximum absolute atomic E-state index is 10.2. The van der Waals surface area contributed by atoms with Crippen molar-refractivity contribution in [1.82, 2.24) is 0 Å². The largest absolute Gasteiger partial charge is 2.00 e. The van der Waals surface area contributed by atoms with Crippen LogP contribution in [0.5, 0.6) is 0 Å². The van der Waals surface area contributed by atoms with Gasteiger partial charge in [0.1, 0.15) is 0 Å². The summed E-state index contributed by atoms with van der Waals surface area (Å²) in [6.45, 7) is 0. The molecular formula is C15H18FeO2. The standard InChI is InChI=1S/C10H13O2.C5H5.Fe/c11-10(12)8-4-3-7-9-5-1-2-6-9;1-2-4-5-3-1;/h1-2,5-6H,3-4,7-8H2,(H,11,12);1-5H;/q2*-1;+2. The molecule has 0 amide bonds. The van der Waals surface area contributed by atoms with Gasteiger partial charge in [0.2, 0.25) is 0 Å². The fourth-order valence-electron chi connectivity index (χ4n) is 1.51. The number of aliphatic carboxylic acids is 1. The Labute approximate surface area is 119 Å². The van der Waals surface area contributed by atoms with Crippen LogP contribution in [0.25, 0.3) is 0 Å². The van der Waals surface area contributed by atoms with Crippen LogP contribution in [0.15, 0.2) is 54.6 Å². The third-order valence-electron chi connectivity index (χ3n) is 2.39. The van der Waals surface area contributed by atoms with E-state index in [1.165, 1.54) is 5.56 Å². The Hall–Kier alpha value is -1.31. The van der Waals surface area contributed by atoms with Crippen molar-refractivity contribution in [2.45, 2.75) is 25.7 Å². The molecule has 0 atom stereocenters. The van der Waals surface area contributed by atoms with Crippen molar-refractivity contribution in [3.63, 3.8) is 0 Å². The summed E-state index contributed by atoms with van der Waals surface area (Å²) in [5.41, 5.74) is 1.31. The van der Waals surface area contributed by atoms with E-state index in [1.54, 1.807) is 0 Å². The van der Waals surface area contributed by atoms with E-state index >= 15 is 0 Å². The SMILES string of the molecule is O=C(O)CCCCc1ccc[cH-]1.[Fe+2].c1cc[cH-]c1. The summed E-state index contributed by atoms with van der Waals surface area (Å²) < 4.78 is 0. The maximum atomic E-state index is 10.2. The molecule has 0 bridgehead atoms. The maximum Gasteiger partial charge on any atom is 2.00 e. The van der Waals surface area contributed by atoms with Crippen molar-refractivity contribution in [2.24, 2.45) is 0 Å². The van der Waals surface area contributed by atoms with E-state index in [1.807, 2.05) is 42.5 Å². The summed E-state index contributed by atoms with van der Waals surface area (Å²) in [6.07, 6.45) is 3.04. The molecule has 0 fully saturated rings. The van der Waals surface area contributed by atoms with Gasteiger partial charge in [-0.1, -0.05) is 12.8 Å². The Morgan fingerprint density at radius 2 is 1.83 bits per heavy atom. The second-order valence-corrected chi connectivity index (χ2v) is 3.86. The molecule has 0 radical (unpaired) electrons. The number of carbonyl (C=O) groups is 1. The summed E-state index contributed by atoms with van der Waals surface area (Å²) in [6, 6.07) is 18.2. The minimum absolute atomic E-state index is 0. The molecule has 2 aromatic carbocycles. The summed E-state index contributed by atoms with van der Waals surface area (Å²) in [4.78, 5) is 10.2. The van der Waals surface area contributed by atoms with Gasteiger partial charge in [-0.25, -0.2) is 24.3 Å². The Kier molecular flexibility index (Phi) is 10.0. The van der Waals surface area contributed by atoms with Gasteiger partial charge in [-0.3, -0.25) is 4.79 Å². The third-order valence-corrected chi connectivity index (χ3v) is 2.39. The topological polar surface area (TPSA) is 37.3 Å². The van der Waals surface area contributed by atoms with Gasteiger partial charge < -0.3 is 5.11 Å². The molecule has 0 saturated heterocycles. The fraction of sp³-hybridized carbons (Fsp3) is 0.267. The summed E-state index contributed by atoms with van der Waals surface area (Å²) in [5, 5.41) is 8.37. The van der Waals surface area contributed by atoms with Crippen LogP contribution in [-0.4, -0.2) is 11.1 Å². The molecule has 0 unspecified atom stereocenters. The molecule has 0 spiro atoms. The summed E-state index contributed by atoms with van der Waals surface area (Å²) in [5.74, 6) is -0.697. The fourth-order valence-corrected chi connectivity index (χ4v) is 1.51. The van der Waals surface area contributed by atoms with Crippen LogP contribution in [-0.2, 0) is 28.3 Å². The van der Waals surface area contributed by atoms with E-state index in [2.05, 4.69) is 12.1 Å². The molecule has 0 aliphatic rings. The predicted octanol–water partition coefficient (Wildman–Crippen LogP) is 3.61. The van der Waals surface area contributed by atoms with E-state index in [0.29, 0.717) is 6.42 Å². The normalized spacial score (nSPS) is 8.89. The van der Waals surface area contributed by atoms with Gasteiger partial charge in [0.15, 0.2) is 0 Å². The van der Waals surface area contributed by atoms with Gasteiger partial charge in [0.05, 0.1) is 0 Å². The number of hydrogen-bond donors (Lipinski definition) is 1. The van der Waals surface area contributed by atoms with Crippen molar-refractivity contribution in [3.8, 4) is 0 Å². The molecule has 0 aromatic heterocycles. The minimum Gasteiger partial charge on any atom is -0.481 e. The van der Waals surface area contributed by atoms with E-state index in [9.17, 15) is 4.79 Å². The summed E-state index contributed by atoms with van der Waals surface area (Å²) >= 11 is 0. The van der Waals surface area contributed by atoms with Gasteiger partial charge in [-0.05, 0) is 6.42 Å². The number of aryl methyl sites for hydroxylation is 1. The third kappa shape index (κ3) is 8.80. The number of unbranched alkanes of at least 4 members (excludes halogenated alkanes) is 1. The average molecular weight is 286 g/mol. The van der Waals surface area contributed by atoms with Crippen LogP contribution in [0.3, 0.4) is 0 Å². The van der Waals surface area contributed by atoms with Gasteiger partial charge in [0.25, 0.3) is 0 Å². The second-order valence-electron chi connectivity index (χ2n) is 3.86. The quantitative estimate of drug-likeness (QED) is 0.518. The van der Waals surface area contributed by atoms with Crippen LogP contribution in [0, 0.1) is 0 Å². The van der Waals surface area contributed by atoms with E-state index in [-0.39, 0.29) is 17.1 Å². The van der Waals surface area contributed by atoms with Gasteiger partial charge in [-0.2, -0.15) is 35.9 Å². The van der Waals surface area contributed by atoms with Crippen LogP contribution >= 0.6 is 0 Å². The number of carboxylic acids is 1.